The van der Waals surface area contributed by atoms with Crippen LogP contribution in [-0.4, -0.2) is 32.5 Å². The summed E-state index contributed by atoms with van der Waals surface area (Å²) < 4.78 is 10.7. The number of hydrogen-bond donors (Lipinski definition) is 1. The van der Waals surface area contributed by atoms with Crippen molar-refractivity contribution < 1.29 is 9.47 Å². The van der Waals surface area contributed by atoms with E-state index in [-0.39, 0.29) is 5.60 Å². The molecule has 3 rings (SSSR count). The summed E-state index contributed by atoms with van der Waals surface area (Å²) in [6.07, 6.45) is 2.20. The van der Waals surface area contributed by atoms with Crippen LogP contribution in [0.2, 0.25) is 0 Å². The topological polar surface area (TPSA) is 44.5 Å². The van der Waals surface area contributed by atoms with E-state index in [1.54, 1.807) is 7.11 Å². The zero-order valence-corrected chi connectivity index (χ0v) is 6.93. The molecule has 3 heteroatoms. The van der Waals surface area contributed by atoms with E-state index in [0.29, 0.717) is 5.41 Å². The lowest BCUT2D eigenvalue weighted by atomic mass is 9.63. The SMILES string of the molecule is COCC12CC(CN)(CO1)C2. The predicted octanol–water partition coefficient (Wildman–Crippen LogP) is 0.141. The van der Waals surface area contributed by atoms with E-state index in [2.05, 4.69) is 0 Å². The minimum Gasteiger partial charge on any atom is -0.382 e. The summed E-state index contributed by atoms with van der Waals surface area (Å²) >= 11 is 0. The number of hydrogen-bond acceptors (Lipinski definition) is 3. The molecule has 1 saturated carbocycles. The molecule has 0 aromatic heterocycles. The highest BCUT2D eigenvalue weighted by atomic mass is 16.5. The molecule has 0 radical (unpaired) electrons. The Labute approximate surface area is 66.8 Å². The van der Waals surface area contributed by atoms with E-state index in [9.17, 15) is 0 Å². The van der Waals surface area contributed by atoms with Crippen molar-refractivity contribution in [3.63, 3.8) is 0 Å². The van der Waals surface area contributed by atoms with Crippen LogP contribution in [0.4, 0.5) is 0 Å². The standard InChI is InChI=1S/C8H15NO2/c1-10-6-8-2-7(3-8,4-9)5-11-8/h2-6,9H2,1H3. The maximum atomic E-state index is 5.64. The average Bonchev–Trinajstić information content (AvgIpc) is 2.43. The Balaban J connectivity index is 1.97. The first-order valence-corrected chi connectivity index (χ1v) is 4.07. The third-order valence-electron chi connectivity index (χ3n) is 2.92. The first-order chi connectivity index (χ1) is 5.24. The first-order valence-electron chi connectivity index (χ1n) is 4.07. The Morgan fingerprint density at radius 2 is 2.27 bits per heavy atom. The molecule has 0 aromatic carbocycles. The van der Waals surface area contributed by atoms with Crippen LogP contribution >= 0.6 is 0 Å². The molecule has 0 spiro atoms. The summed E-state index contributed by atoms with van der Waals surface area (Å²) in [6.45, 7) is 2.33. The van der Waals surface area contributed by atoms with Gasteiger partial charge in [-0.05, 0) is 12.8 Å². The highest BCUT2D eigenvalue weighted by Gasteiger charge is 2.61. The van der Waals surface area contributed by atoms with Gasteiger partial charge in [0.05, 0.1) is 18.8 Å². The molecule has 2 heterocycles. The van der Waals surface area contributed by atoms with E-state index >= 15 is 0 Å². The second kappa shape index (κ2) is 2.19. The fourth-order valence-electron chi connectivity index (χ4n) is 2.44. The van der Waals surface area contributed by atoms with Gasteiger partial charge in [0.2, 0.25) is 0 Å². The second-order valence-corrected chi connectivity index (χ2v) is 3.96. The van der Waals surface area contributed by atoms with Gasteiger partial charge in [-0.1, -0.05) is 0 Å². The molecule has 2 aliphatic heterocycles. The molecule has 0 atom stereocenters. The fourth-order valence-corrected chi connectivity index (χ4v) is 2.44. The van der Waals surface area contributed by atoms with E-state index < -0.39 is 0 Å². The summed E-state index contributed by atoms with van der Waals surface area (Å²) in [6, 6.07) is 0. The lowest BCUT2D eigenvalue weighted by Crippen LogP contribution is -2.50. The predicted molar refractivity (Wildman–Crippen MR) is 41.3 cm³/mol. The van der Waals surface area contributed by atoms with Gasteiger partial charge >= 0.3 is 0 Å². The molecule has 0 unspecified atom stereocenters. The minimum atomic E-state index is 0.0497. The van der Waals surface area contributed by atoms with Crippen molar-refractivity contribution in [2.45, 2.75) is 18.4 Å². The number of fused-ring (bicyclic) bond motifs is 1. The number of nitrogens with two attached hydrogens (primary N) is 1. The highest BCUT2D eigenvalue weighted by Crippen LogP contribution is 2.57. The van der Waals surface area contributed by atoms with Gasteiger partial charge in [-0.15, -0.1) is 0 Å². The monoisotopic (exact) mass is 157 g/mol. The lowest BCUT2D eigenvalue weighted by molar-refractivity contribution is -0.0691. The maximum absolute atomic E-state index is 5.64. The van der Waals surface area contributed by atoms with Crippen molar-refractivity contribution in [2.24, 2.45) is 11.1 Å². The lowest BCUT2D eigenvalue weighted by Gasteiger charge is -2.43. The number of methoxy groups -OCH3 is 1. The summed E-state index contributed by atoms with van der Waals surface area (Å²) in [7, 11) is 1.72. The summed E-state index contributed by atoms with van der Waals surface area (Å²) in [5.41, 5.74) is 6.01. The normalized spacial score (nSPS) is 47.5. The summed E-state index contributed by atoms with van der Waals surface area (Å²) in [4.78, 5) is 0. The van der Waals surface area contributed by atoms with Crippen molar-refractivity contribution in [1.82, 2.24) is 0 Å². The molecule has 64 valence electrons. The van der Waals surface area contributed by atoms with Gasteiger partial charge < -0.3 is 15.2 Å². The van der Waals surface area contributed by atoms with Crippen molar-refractivity contribution in [3.05, 3.63) is 0 Å². The van der Waals surface area contributed by atoms with Crippen LogP contribution in [0.15, 0.2) is 0 Å². The maximum Gasteiger partial charge on any atom is 0.0928 e. The third kappa shape index (κ3) is 0.916. The zero-order chi connectivity index (χ0) is 7.95. The Morgan fingerprint density at radius 1 is 1.55 bits per heavy atom. The largest absolute Gasteiger partial charge is 0.382 e. The van der Waals surface area contributed by atoms with Crippen LogP contribution in [0, 0.1) is 5.41 Å². The van der Waals surface area contributed by atoms with Gasteiger partial charge in [-0.3, -0.25) is 0 Å². The van der Waals surface area contributed by atoms with Gasteiger partial charge in [0.1, 0.15) is 0 Å². The molecule has 1 aliphatic carbocycles. The van der Waals surface area contributed by atoms with Crippen molar-refractivity contribution in [3.8, 4) is 0 Å². The Kier molecular flexibility index (Phi) is 1.50. The molecule has 0 aromatic rings. The highest BCUT2D eigenvalue weighted by molar-refractivity contribution is 5.11. The average molecular weight is 157 g/mol. The van der Waals surface area contributed by atoms with Crippen molar-refractivity contribution >= 4 is 0 Å². The number of ether oxygens (including phenoxy) is 2. The molecule has 3 aliphatic rings. The van der Waals surface area contributed by atoms with Crippen LogP contribution in [0.1, 0.15) is 12.8 Å². The van der Waals surface area contributed by atoms with Gasteiger partial charge in [0.15, 0.2) is 0 Å². The van der Waals surface area contributed by atoms with Crippen LogP contribution in [0.3, 0.4) is 0 Å². The van der Waals surface area contributed by atoms with Gasteiger partial charge in [-0.25, -0.2) is 0 Å². The Bertz CT molecular complexity index is 163. The molecule has 0 amide bonds. The fraction of sp³-hybridized carbons (Fsp3) is 1.00. The molecule has 2 N–H and O–H groups in total. The van der Waals surface area contributed by atoms with E-state index in [1.807, 2.05) is 0 Å². The summed E-state index contributed by atoms with van der Waals surface area (Å²) in [5.74, 6) is 0. The van der Waals surface area contributed by atoms with Gasteiger partial charge in [-0.2, -0.15) is 0 Å². The van der Waals surface area contributed by atoms with E-state index in [1.165, 1.54) is 0 Å². The van der Waals surface area contributed by atoms with Crippen molar-refractivity contribution in [2.75, 3.05) is 26.9 Å². The van der Waals surface area contributed by atoms with Crippen LogP contribution in [0.5, 0.6) is 0 Å². The first kappa shape index (κ1) is 7.53. The van der Waals surface area contributed by atoms with Crippen LogP contribution < -0.4 is 5.73 Å². The third-order valence-corrected chi connectivity index (χ3v) is 2.92. The molecular weight excluding hydrogens is 142 g/mol. The Morgan fingerprint density at radius 3 is 2.73 bits per heavy atom. The molecule has 2 bridgehead atoms. The van der Waals surface area contributed by atoms with Gasteiger partial charge in [0.25, 0.3) is 0 Å². The minimum absolute atomic E-state index is 0.0497. The zero-order valence-electron chi connectivity index (χ0n) is 6.93. The van der Waals surface area contributed by atoms with Gasteiger partial charge in [0, 0.05) is 19.1 Å². The smallest absolute Gasteiger partial charge is 0.0928 e. The van der Waals surface area contributed by atoms with Crippen molar-refractivity contribution in [1.29, 1.82) is 0 Å². The molecule has 3 nitrogen and oxygen atoms in total. The van der Waals surface area contributed by atoms with E-state index in [0.717, 1.165) is 32.6 Å². The Hall–Kier alpha value is -0.120. The quantitative estimate of drug-likeness (QED) is 0.633. The van der Waals surface area contributed by atoms with Crippen LogP contribution in [-0.2, 0) is 9.47 Å². The summed E-state index contributed by atoms with van der Waals surface area (Å²) in [5, 5.41) is 0. The molecule has 3 fully saturated rings. The molecule has 11 heavy (non-hydrogen) atoms. The number of rotatable bonds is 3. The second-order valence-electron chi connectivity index (χ2n) is 3.96. The molecule has 2 saturated heterocycles. The van der Waals surface area contributed by atoms with E-state index in [4.69, 9.17) is 15.2 Å². The van der Waals surface area contributed by atoms with Crippen LogP contribution in [0.25, 0.3) is 0 Å². The molecular formula is C8H15NO2.